The molecule has 0 aromatic heterocycles. The zero-order chi connectivity index (χ0) is 14.5. The van der Waals surface area contributed by atoms with Crippen LogP contribution in [-0.4, -0.2) is 37.0 Å². The fraction of sp³-hybridized carbons (Fsp3) is 0.278. The second-order valence-electron chi connectivity index (χ2n) is 5.19. The molecule has 3 rings (SSSR count). The largest absolute Gasteiger partial charge is 0.378 e. The summed E-state index contributed by atoms with van der Waals surface area (Å²) in [6.45, 7) is 5.40. The van der Waals surface area contributed by atoms with Gasteiger partial charge in [0, 0.05) is 18.7 Å². The highest BCUT2D eigenvalue weighted by Crippen LogP contribution is 2.20. The van der Waals surface area contributed by atoms with Crippen LogP contribution in [-0.2, 0) is 4.74 Å². The lowest BCUT2D eigenvalue weighted by Gasteiger charge is -2.30. The maximum atomic E-state index is 5.46. The third-order valence-electron chi connectivity index (χ3n) is 3.68. The van der Waals surface area contributed by atoms with Crippen LogP contribution >= 0.6 is 0 Å². The summed E-state index contributed by atoms with van der Waals surface area (Å²) in [7, 11) is 0. The van der Waals surface area contributed by atoms with Crippen LogP contribution in [0, 0.1) is 6.92 Å². The van der Waals surface area contributed by atoms with Crippen LogP contribution < -0.4 is 0 Å². The molecule has 0 amide bonds. The predicted octanol–water partition coefficient (Wildman–Crippen LogP) is 3.41. The number of hydrogen-bond donors (Lipinski definition) is 0. The molecular formula is C18H20N2O. The van der Waals surface area contributed by atoms with E-state index in [1.165, 1.54) is 5.56 Å². The quantitative estimate of drug-likeness (QED) is 0.622. The van der Waals surface area contributed by atoms with Crippen LogP contribution in [0.15, 0.2) is 59.6 Å². The standard InChI is InChI=1S/C18H20N2O/c1-15-7-5-6-10-17(15)19-18(16-8-3-2-4-9-16)20-11-13-21-14-12-20/h2-10H,11-14H2,1H3. The Labute approximate surface area is 125 Å². The highest BCUT2D eigenvalue weighted by molar-refractivity contribution is 6.00. The molecule has 0 aliphatic carbocycles. The van der Waals surface area contributed by atoms with E-state index in [4.69, 9.17) is 9.73 Å². The number of morpholine rings is 1. The summed E-state index contributed by atoms with van der Waals surface area (Å²) in [5.74, 6) is 1.04. The lowest BCUT2D eigenvalue weighted by atomic mass is 10.1. The van der Waals surface area contributed by atoms with Crippen molar-refractivity contribution in [1.82, 2.24) is 4.90 Å². The molecule has 3 nitrogen and oxygen atoms in total. The summed E-state index contributed by atoms with van der Waals surface area (Å²) in [5.41, 5.74) is 3.38. The maximum Gasteiger partial charge on any atom is 0.136 e. The first-order valence-corrected chi connectivity index (χ1v) is 7.37. The van der Waals surface area contributed by atoms with Gasteiger partial charge in [0.25, 0.3) is 0 Å². The van der Waals surface area contributed by atoms with E-state index < -0.39 is 0 Å². The minimum atomic E-state index is 0.764. The molecule has 0 atom stereocenters. The van der Waals surface area contributed by atoms with Gasteiger partial charge in [-0.25, -0.2) is 4.99 Å². The number of para-hydroxylation sites is 1. The number of ether oxygens (including phenoxy) is 1. The Balaban J connectivity index is 2.01. The summed E-state index contributed by atoms with van der Waals surface area (Å²) >= 11 is 0. The van der Waals surface area contributed by atoms with Gasteiger partial charge in [0.1, 0.15) is 5.84 Å². The van der Waals surface area contributed by atoms with Gasteiger partial charge in [0.2, 0.25) is 0 Å². The summed E-state index contributed by atoms with van der Waals surface area (Å²) in [6, 6.07) is 18.6. The molecule has 21 heavy (non-hydrogen) atoms. The molecule has 2 aromatic rings. The first-order chi connectivity index (χ1) is 10.3. The number of hydrogen-bond acceptors (Lipinski definition) is 2. The van der Waals surface area contributed by atoms with Crippen LogP contribution in [0.2, 0.25) is 0 Å². The van der Waals surface area contributed by atoms with Gasteiger partial charge in [0.15, 0.2) is 0 Å². The SMILES string of the molecule is Cc1ccccc1N=C(c1ccccc1)N1CCOCC1. The normalized spacial score (nSPS) is 16.0. The van der Waals surface area contributed by atoms with Crippen molar-refractivity contribution in [3.63, 3.8) is 0 Å². The predicted molar refractivity (Wildman–Crippen MR) is 86.2 cm³/mol. The van der Waals surface area contributed by atoms with Gasteiger partial charge in [0.05, 0.1) is 18.9 Å². The molecule has 1 aliphatic heterocycles. The van der Waals surface area contributed by atoms with E-state index in [2.05, 4.69) is 48.2 Å². The summed E-state index contributed by atoms with van der Waals surface area (Å²) in [6.07, 6.45) is 0. The van der Waals surface area contributed by atoms with Crippen LogP contribution in [0.25, 0.3) is 0 Å². The Morgan fingerprint density at radius 3 is 2.33 bits per heavy atom. The Kier molecular flexibility index (Phi) is 4.31. The van der Waals surface area contributed by atoms with Crippen LogP contribution in [0.3, 0.4) is 0 Å². The molecule has 3 heteroatoms. The number of nitrogens with zero attached hydrogens (tertiary/aromatic N) is 2. The van der Waals surface area contributed by atoms with Gasteiger partial charge in [-0.3, -0.25) is 0 Å². The highest BCUT2D eigenvalue weighted by Gasteiger charge is 2.17. The molecule has 0 N–H and O–H groups in total. The van der Waals surface area contributed by atoms with Crippen LogP contribution in [0.1, 0.15) is 11.1 Å². The minimum absolute atomic E-state index is 0.764. The Bertz CT molecular complexity index is 616. The Morgan fingerprint density at radius 2 is 1.62 bits per heavy atom. The summed E-state index contributed by atoms with van der Waals surface area (Å²) in [5, 5.41) is 0. The van der Waals surface area contributed by atoms with Crippen molar-refractivity contribution in [2.45, 2.75) is 6.92 Å². The fourth-order valence-electron chi connectivity index (χ4n) is 2.48. The smallest absolute Gasteiger partial charge is 0.136 e. The van der Waals surface area contributed by atoms with E-state index in [0.29, 0.717) is 0 Å². The van der Waals surface area contributed by atoms with Crippen molar-refractivity contribution in [2.24, 2.45) is 4.99 Å². The molecule has 1 aliphatic rings. The van der Waals surface area contributed by atoms with Gasteiger partial charge >= 0.3 is 0 Å². The van der Waals surface area contributed by atoms with E-state index in [1.54, 1.807) is 0 Å². The molecule has 1 heterocycles. The first-order valence-electron chi connectivity index (χ1n) is 7.37. The van der Waals surface area contributed by atoms with Crippen molar-refractivity contribution in [1.29, 1.82) is 0 Å². The number of aryl methyl sites for hydroxylation is 1. The zero-order valence-electron chi connectivity index (χ0n) is 12.3. The second kappa shape index (κ2) is 6.55. The van der Waals surface area contributed by atoms with Crippen molar-refractivity contribution in [3.8, 4) is 0 Å². The molecule has 0 bridgehead atoms. The van der Waals surface area contributed by atoms with Crippen molar-refractivity contribution >= 4 is 11.5 Å². The van der Waals surface area contributed by atoms with Crippen molar-refractivity contribution < 1.29 is 4.74 Å². The number of benzene rings is 2. The maximum absolute atomic E-state index is 5.46. The molecule has 0 unspecified atom stereocenters. The molecule has 108 valence electrons. The molecule has 1 fully saturated rings. The van der Waals surface area contributed by atoms with Crippen molar-refractivity contribution in [3.05, 3.63) is 65.7 Å². The molecule has 1 saturated heterocycles. The molecular weight excluding hydrogens is 260 g/mol. The third-order valence-corrected chi connectivity index (χ3v) is 3.68. The number of amidine groups is 1. The third kappa shape index (κ3) is 3.31. The Morgan fingerprint density at radius 1 is 0.952 bits per heavy atom. The number of aliphatic imine (C=N–C) groups is 1. The summed E-state index contributed by atoms with van der Waals surface area (Å²) in [4.78, 5) is 7.25. The Hall–Kier alpha value is -2.13. The molecule has 0 radical (unpaired) electrons. The van der Waals surface area contributed by atoms with Crippen molar-refractivity contribution in [2.75, 3.05) is 26.3 Å². The van der Waals surface area contributed by atoms with Gasteiger partial charge in [-0.05, 0) is 18.6 Å². The average molecular weight is 280 g/mol. The fourth-order valence-corrected chi connectivity index (χ4v) is 2.48. The van der Waals surface area contributed by atoms with E-state index >= 15 is 0 Å². The second-order valence-corrected chi connectivity index (χ2v) is 5.19. The lowest BCUT2D eigenvalue weighted by molar-refractivity contribution is 0.0683. The van der Waals surface area contributed by atoms with Crippen LogP contribution in [0.5, 0.6) is 0 Å². The van der Waals surface area contributed by atoms with Crippen LogP contribution in [0.4, 0.5) is 5.69 Å². The molecule has 0 saturated carbocycles. The van der Waals surface area contributed by atoms with Gasteiger partial charge < -0.3 is 9.64 Å². The highest BCUT2D eigenvalue weighted by atomic mass is 16.5. The van der Waals surface area contributed by atoms with Gasteiger partial charge in [-0.15, -0.1) is 0 Å². The minimum Gasteiger partial charge on any atom is -0.378 e. The summed E-state index contributed by atoms with van der Waals surface area (Å²) < 4.78 is 5.46. The van der Waals surface area contributed by atoms with E-state index in [0.717, 1.165) is 43.4 Å². The lowest BCUT2D eigenvalue weighted by Crippen LogP contribution is -2.41. The zero-order valence-corrected chi connectivity index (χ0v) is 12.3. The topological polar surface area (TPSA) is 24.8 Å². The van der Waals surface area contributed by atoms with E-state index in [9.17, 15) is 0 Å². The number of rotatable bonds is 2. The van der Waals surface area contributed by atoms with E-state index in [-0.39, 0.29) is 0 Å². The molecule has 0 spiro atoms. The first kappa shape index (κ1) is 13.8. The van der Waals surface area contributed by atoms with E-state index in [1.807, 2.05) is 18.2 Å². The average Bonchev–Trinajstić information content (AvgIpc) is 2.56. The van der Waals surface area contributed by atoms with Gasteiger partial charge in [-0.1, -0.05) is 48.5 Å². The van der Waals surface area contributed by atoms with Gasteiger partial charge in [-0.2, -0.15) is 0 Å². The molecule has 2 aromatic carbocycles. The monoisotopic (exact) mass is 280 g/mol.